The summed E-state index contributed by atoms with van der Waals surface area (Å²) in [5.74, 6) is 0.809. The van der Waals surface area contributed by atoms with Crippen LogP contribution in [0.2, 0.25) is 0 Å². The molecule has 5 heterocycles. The summed E-state index contributed by atoms with van der Waals surface area (Å²) in [5, 5.41) is 7.36. The van der Waals surface area contributed by atoms with Crippen molar-refractivity contribution in [2.75, 3.05) is 39.4 Å². The summed E-state index contributed by atoms with van der Waals surface area (Å²) in [6.07, 6.45) is 2.97. The van der Waals surface area contributed by atoms with Crippen molar-refractivity contribution in [3.05, 3.63) is 65.9 Å². The van der Waals surface area contributed by atoms with Crippen molar-refractivity contribution >= 4 is 18.0 Å². The van der Waals surface area contributed by atoms with Crippen LogP contribution in [0.1, 0.15) is 97.0 Å². The number of nitrogens with one attached hydrogen (secondary N) is 1. The van der Waals surface area contributed by atoms with Gasteiger partial charge in [0.2, 0.25) is 0 Å². The highest BCUT2D eigenvalue weighted by atomic mass is 16.7. The maximum absolute atomic E-state index is 13.5. The van der Waals surface area contributed by atoms with Gasteiger partial charge in [-0.3, -0.25) is 9.89 Å². The number of benzene rings is 2. The number of aromatic nitrogens is 2. The van der Waals surface area contributed by atoms with E-state index >= 15 is 0 Å². The molecule has 7 rings (SSSR count). The quantitative estimate of drug-likeness (QED) is 0.257. The van der Waals surface area contributed by atoms with Gasteiger partial charge < -0.3 is 38.2 Å². The number of aromatic amines is 1. The zero-order valence-corrected chi connectivity index (χ0v) is 33.4. The molecule has 298 valence electrons. The zero-order chi connectivity index (χ0) is 39.6. The van der Waals surface area contributed by atoms with Crippen molar-refractivity contribution in [2.24, 2.45) is 5.92 Å². The van der Waals surface area contributed by atoms with Gasteiger partial charge in [-0.05, 0) is 79.7 Å². The lowest BCUT2D eigenvalue weighted by molar-refractivity contribution is -0.198. The van der Waals surface area contributed by atoms with Gasteiger partial charge in [-0.2, -0.15) is 5.10 Å². The van der Waals surface area contributed by atoms with E-state index in [0.29, 0.717) is 76.4 Å². The maximum Gasteiger partial charge on any atom is 0.410 e. The summed E-state index contributed by atoms with van der Waals surface area (Å²) in [4.78, 5) is 41.8. The van der Waals surface area contributed by atoms with Gasteiger partial charge in [0.25, 0.3) is 0 Å². The van der Waals surface area contributed by atoms with Crippen molar-refractivity contribution in [1.29, 1.82) is 0 Å². The van der Waals surface area contributed by atoms with E-state index in [4.69, 9.17) is 28.4 Å². The first-order valence-electron chi connectivity index (χ1n) is 19.4. The molecule has 3 aromatic rings. The van der Waals surface area contributed by atoms with Crippen molar-refractivity contribution in [3.8, 4) is 22.8 Å². The molecule has 0 bridgehead atoms. The van der Waals surface area contributed by atoms with Crippen LogP contribution in [0.4, 0.5) is 9.59 Å². The van der Waals surface area contributed by atoms with Crippen LogP contribution in [0.3, 0.4) is 0 Å². The van der Waals surface area contributed by atoms with Crippen LogP contribution in [0.5, 0.6) is 11.5 Å². The van der Waals surface area contributed by atoms with Gasteiger partial charge in [0.15, 0.2) is 12.1 Å². The molecule has 13 heteroatoms. The Morgan fingerprint density at radius 2 is 1.27 bits per heavy atom. The van der Waals surface area contributed by atoms with Gasteiger partial charge in [-0.1, -0.05) is 24.3 Å². The van der Waals surface area contributed by atoms with E-state index in [1.807, 2.05) is 104 Å². The van der Waals surface area contributed by atoms with Crippen LogP contribution >= 0.6 is 0 Å². The summed E-state index contributed by atoms with van der Waals surface area (Å²) >= 11 is 0. The lowest BCUT2D eigenvalue weighted by atomic mass is 9.73. The number of para-hydroxylation sites is 2. The average Bonchev–Trinajstić information content (AvgIpc) is 3.63. The standard InChI is InChI=1S/C23H33NO6.C19H23N3O3/c1-6-27-20(28-7-2)18-19(25)16-10-8-9-11-17(16)29-23(18)12-14-24(15-13-23)21(26)30-22(3,4)5;1-18(2,3)25-17(23)22-10-8-19(9-11-22)14-12-20-21-16(14)13-6-4-5-7-15(13)24-19/h8-11,18,20H,6-7,12-15H2,1-5H3;4-7,12H,8-11H2,1-3H3,(H,20,21). The van der Waals surface area contributed by atoms with Crippen molar-refractivity contribution in [3.63, 3.8) is 0 Å². The number of piperidine rings is 2. The summed E-state index contributed by atoms with van der Waals surface area (Å²) in [6.45, 7) is 17.9. The summed E-state index contributed by atoms with van der Waals surface area (Å²) < 4.78 is 35.6. The highest BCUT2D eigenvalue weighted by molar-refractivity contribution is 6.02. The van der Waals surface area contributed by atoms with Crippen LogP contribution in [0.25, 0.3) is 11.3 Å². The third kappa shape index (κ3) is 8.62. The number of nitrogens with zero attached hydrogens (tertiary/aromatic N) is 3. The zero-order valence-electron chi connectivity index (χ0n) is 33.4. The second-order valence-corrected chi connectivity index (χ2v) is 16.5. The summed E-state index contributed by atoms with van der Waals surface area (Å²) in [5.41, 5.74) is 1.42. The molecule has 2 saturated heterocycles. The SMILES string of the molecule is CC(C)(C)OC(=O)N1CCC2(CC1)Oc1ccccc1-c1[nH]ncc12.CCOC(OCC)C1C(=O)c2ccccc2OC12CCN(C(=O)OC(C)(C)C)CC2. The van der Waals surface area contributed by atoms with Crippen molar-refractivity contribution < 1.29 is 42.8 Å². The highest BCUT2D eigenvalue weighted by Crippen LogP contribution is 2.49. The van der Waals surface area contributed by atoms with E-state index in [-0.39, 0.29) is 18.0 Å². The van der Waals surface area contributed by atoms with E-state index in [2.05, 4.69) is 10.2 Å². The Morgan fingerprint density at radius 3 is 1.80 bits per heavy atom. The fourth-order valence-electron chi connectivity index (χ4n) is 7.81. The third-order valence-electron chi connectivity index (χ3n) is 10.3. The number of H-pyrrole nitrogens is 1. The first kappa shape index (κ1) is 40.1. The van der Waals surface area contributed by atoms with E-state index in [1.165, 1.54) is 0 Å². The molecular weight excluding hydrogens is 704 g/mol. The number of rotatable bonds is 5. The number of Topliss-reactive ketones (excluding diaryl/α,β-unsaturated/α-hetero) is 1. The first-order valence-corrected chi connectivity index (χ1v) is 19.4. The predicted octanol–water partition coefficient (Wildman–Crippen LogP) is 7.74. The van der Waals surface area contributed by atoms with E-state index in [0.717, 1.165) is 22.6 Å². The van der Waals surface area contributed by atoms with Crippen LogP contribution < -0.4 is 9.47 Å². The second-order valence-electron chi connectivity index (χ2n) is 16.5. The minimum Gasteiger partial charge on any atom is -0.485 e. The lowest BCUT2D eigenvalue weighted by Crippen LogP contribution is -2.61. The van der Waals surface area contributed by atoms with Crippen molar-refractivity contribution in [2.45, 2.75) is 110 Å². The third-order valence-corrected chi connectivity index (χ3v) is 10.3. The number of carbonyl (C=O) groups is 3. The number of hydrogen-bond acceptors (Lipinski definition) is 10. The Labute approximate surface area is 323 Å². The molecule has 0 radical (unpaired) electrons. The van der Waals surface area contributed by atoms with Crippen LogP contribution in [-0.2, 0) is 24.5 Å². The Balaban J connectivity index is 0.000000190. The number of hydrogen-bond donors (Lipinski definition) is 1. The molecule has 55 heavy (non-hydrogen) atoms. The Bertz CT molecular complexity index is 1820. The maximum atomic E-state index is 13.5. The van der Waals surface area contributed by atoms with Crippen LogP contribution in [0.15, 0.2) is 54.7 Å². The topological polar surface area (TPSA) is 142 Å². The first-order chi connectivity index (χ1) is 26.1. The molecule has 2 amide bonds. The van der Waals surface area contributed by atoms with E-state index in [9.17, 15) is 14.4 Å². The van der Waals surface area contributed by atoms with Gasteiger partial charge in [-0.25, -0.2) is 9.59 Å². The number of ketones is 1. The molecule has 0 aliphatic carbocycles. The molecule has 1 N–H and O–H groups in total. The van der Waals surface area contributed by atoms with Gasteiger partial charge >= 0.3 is 12.2 Å². The second kappa shape index (κ2) is 15.9. The monoisotopic (exact) mass is 760 g/mol. The predicted molar refractivity (Wildman–Crippen MR) is 205 cm³/mol. The number of likely N-dealkylation sites (tertiary alicyclic amines) is 2. The molecule has 2 aromatic carbocycles. The normalized spacial score (nSPS) is 19.7. The van der Waals surface area contributed by atoms with Gasteiger partial charge in [0.1, 0.15) is 39.8 Å². The summed E-state index contributed by atoms with van der Waals surface area (Å²) in [7, 11) is 0. The smallest absolute Gasteiger partial charge is 0.410 e. The molecule has 1 aromatic heterocycles. The Kier molecular flexibility index (Phi) is 11.5. The summed E-state index contributed by atoms with van der Waals surface area (Å²) in [6, 6.07) is 15.3. The van der Waals surface area contributed by atoms with Gasteiger partial charge in [0, 0.05) is 76.2 Å². The molecular formula is C42H56N4O9. The lowest BCUT2D eigenvalue weighted by Gasteiger charge is -2.49. The minimum atomic E-state index is -0.793. The fraction of sp³-hybridized carbons (Fsp3) is 0.571. The number of ether oxygens (including phenoxy) is 6. The molecule has 4 aliphatic heterocycles. The fourth-order valence-corrected chi connectivity index (χ4v) is 7.81. The van der Waals surface area contributed by atoms with Gasteiger partial charge in [-0.15, -0.1) is 0 Å². The average molecular weight is 761 g/mol. The van der Waals surface area contributed by atoms with Gasteiger partial charge in [0.05, 0.1) is 17.5 Å². The Morgan fingerprint density at radius 1 is 0.782 bits per heavy atom. The van der Waals surface area contributed by atoms with Crippen LogP contribution in [-0.4, -0.2) is 100 Å². The molecule has 2 spiro atoms. The van der Waals surface area contributed by atoms with Crippen LogP contribution in [0, 0.1) is 5.92 Å². The molecule has 2 fully saturated rings. The largest absolute Gasteiger partial charge is 0.485 e. The number of carbonyl (C=O) groups excluding carboxylic acids is 3. The molecule has 1 unspecified atom stereocenters. The molecule has 4 aliphatic rings. The number of amides is 2. The number of fused-ring (bicyclic) bond motifs is 5. The minimum absolute atomic E-state index is 0.0329. The molecule has 1 atom stereocenters. The van der Waals surface area contributed by atoms with E-state index < -0.39 is 34.6 Å². The molecule has 13 nitrogen and oxygen atoms in total. The Hall–Kier alpha value is -4.62. The highest BCUT2D eigenvalue weighted by Gasteiger charge is 2.55. The van der Waals surface area contributed by atoms with Crippen molar-refractivity contribution in [1.82, 2.24) is 20.0 Å². The molecule has 0 saturated carbocycles. The van der Waals surface area contributed by atoms with E-state index in [1.54, 1.807) is 15.9 Å².